The number of Topliss-reactive ketones (excluding diaryl/α,β-unsaturated/α-hetero) is 1. The summed E-state index contributed by atoms with van der Waals surface area (Å²) in [5.74, 6) is 2.61. The van der Waals surface area contributed by atoms with E-state index in [0.717, 1.165) is 77.4 Å². The molecule has 0 spiro atoms. The van der Waals surface area contributed by atoms with Crippen molar-refractivity contribution < 1.29 is 28.5 Å². The van der Waals surface area contributed by atoms with E-state index < -0.39 is 0 Å². The summed E-state index contributed by atoms with van der Waals surface area (Å²) in [6.45, 7) is 8.86. The number of fused-ring (bicyclic) bond motifs is 5. The number of benzene rings is 1. The van der Waals surface area contributed by atoms with E-state index in [-0.39, 0.29) is 35.3 Å². The van der Waals surface area contributed by atoms with E-state index in [0.29, 0.717) is 59.7 Å². The number of carbonyl (C=O) groups excluding carboxylic acids is 2. The van der Waals surface area contributed by atoms with Crippen LogP contribution in [0.25, 0.3) is 0 Å². The molecule has 5 aliphatic rings. The van der Waals surface area contributed by atoms with Gasteiger partial charge in [-0.2, -0.15) is 0 Å². The fourth-order valence-electron chi connectivity index (χ4n) is 10.7. The zero-order valence-electron chi connectivity index (χ0n) is 26.9. The van der Waals surface area contributed by atoms with Crippen molar-refractivity contribution in [3.63, 3.8) is 0 Å². The summed E-state index contributed by atoms with van der Waals surface area (Å²) >= 11 is 0. The monoisotopic (exact) mass is 594 g/mol. The molecule has 11 atom stereocenters. The number of hydrogen-bond acceptors (Lipinski definition) is 6. The highest BCUT2D eigenvalue weighted by molar-refractivity contribution is 5.89. The molecule has 4 aliphatic carbocycles. The molecule has 6 heteroatoms. The molecule has 0 bridgehead atoms. The van der Waals surface area contributed by atoms with Crippen LogP contribution in [0.5, 0.6) is 0 Å². The standard InChI is InChI=1S/C37H54O6/c1-24(11-10-19-40-4)28-15-16-29-34-30(23-32(37(28,29)3)43-35(39)25-12-6-5-7-13-25)36(2)18-17-27(38)21-26(36)22-31(34)42-33-14-8-9-20-41-33/h5-7,12-13,24,26,28-34H,8-11,14-23H2,1-4H3/t24?,26-,28?,29?,30?,31?,32-,33?,34?,36-,37+/m0/s1. The molecule has 5 fully saturated rings. The molecule has 7 unspecified atom stereocenters. The average molecular weight is 595 g/mol. The maximum atomic E-state index is 13.7. The van der Waals surface area contributed by atoms with Gasteiger partial charge in [0, 0.05) is 38.6 Å². The van der Waals surface area contributed by atoms with Crippen LogP contribution in [0.15, 0.2) is 30.3 Å². The second-order valence-electron chi connectivity index (χ2n) is 15.1. The normalized spacial score (nSPS) is 41.5. The van der Waals surface area contributed by atoms with Crippen molar-refractivity contribution in [3.8, 4) is 0 Å². The minimum absolute atomic E-state index is 0.0484. The molecule has 1 aliphatic heterocycles. The first-order chi connectivity index (χ1) is 20.8. The summed E-state index contributed by atoms with van der Waals surface area (Å²) in [4.78, 5) is 26.5. The number of ether oxygens (including phenoxy) is 4. The third kappa shape index (κ3) is 5.86. The molecule has 0 aromatic heterocycles. The van der Waals surface area contributed by atoms with Gasteiger partial charge in [0.25, 0.3) is 0 Å². The number of ketones is 1. The van der Waals surface area contributed by atoms with Crippen molar-refractivity contribution in [1.82, 2.24) is 0 Å². The number of methoxy groups -OCH3 is 1. The van der Waals surface area contributed by atoms with Gasteiger partial charge >= 0.3 is 5.97 Å². The van der Waals surface area contributed by atoms with Crippen LogP contribution in [0.4, 0.5) is 0 Å². The number of carbonyl (C=O) groups is 2. The van der Waals surface area contributed by atoms with Gasteiger partial charge in [-0.05, 0) is 117 Å². The first-order valence-corrected chi connectivity index (χ1v) is 17.3. The molecule has 238 valence electrons. The van der Waals surface area contributed by atoms with Gasteiger partial charge in [0.15, 0.2) is 6.29 Å². The number of hydrogen-bond donors (Lipinski definition) is 0. The van der Waals surface area contributed by atoms with Crippen molar-refractivity contribution >= 4 is 11.8 Å². The van der Waals surface area contributed by atoms with Crippen molar-refractivity contribution in [2.45, 2.75) is 116 Å². The number of rotatable bonds is 9. The van der Waals surface area contributed by atoms with Crippen LogP contribution in [0.2, 0.25) is 0 Å². The molecule has 6 nitrogen and oxygen atoms in total. The molecule has 0 N–H and O–H groups in total. The fourth-order valence-corrected chi connectivity index (χ4v) is 10.7. The lowest BCUT2D eigenvalue weighted by atomic mass is 9.43. The quantitative estimate of drug-likeness (QED) is 0.166. The van der Waals surface area contributed by atoms with Gasteiger partial charge in [-0.25, -0.2) is 4.79 Å². The van der Waals surface area contributed by atoms with Gasteiger partial charge in [0.1, 0.15) is 11.9 Å². The third-order valence-electron chi connectivity index (χ3n) is 13.0. The van der Waals surface area contributed by atoms with Gasteiger partial charge in [0.2, 0.25) is 0 Å². The van der Waals surface area contributed by atoms with E-state index in [9.17, 15) is 9.59 Å². The maximum Gasteiger partial charge on any atom is 0.338 e. The zero-order chi connectivity index (χ0) is 30.2. The molecule has 1 heterocycles. The van der Waals surface area contributed by atoms with Crippen molar-refractivity contribution in [3.05, 3.63) is 35.9 Å². The predicted octanol–water partition coefficient (Wildman–Crippen LogP) is 7.63. The summed E-state index contributed by atoms with van der Waals surface area (Å²) in [7, 11) is 1.78. The second kappa shape index (κ2) is 12.9. The minimum atomic E-state index is -0.207. The number of esters is 1. The fraction of sp³-hybridized carbons (Fsp3) is 0.784. The van der Waals surface area contributed by atoms with Crippen molar-refractivity contribution in [2.75, 3.05) is 20.3 Å². The maximum absolute atomic E-state index is 13.7. The van der Waals surface area contributed by atoms with E-state index in [1.807, 2.05) is 30.3 Å². The molecule has 43 heavy (non-hydrogen) atoms. The highest BCUT2D eigenvalue weighted by Crippen LogP contribution is 2.69. The molecule has 0 radical (unpaired) electrons. The van der Waals surface area contributed by atoms with Gasteiger partial charge < -0.3 is 18.9 Å². The Labute approximate surface area is 258 Å². The largest absolute Gasteiger partial charge is 0.458 e. The molecule has 1 aromatic rings. The first kappa shape index (κ1) is 31.2. The lowest BCUT2D eigenvalue weighted by Gasteiger charge is -2.64. The van der Waals surface area contributed by atoms with E-state index in [1.165, 1.54) is 0 Å². The van der Waals surface area contributed by atoms with Crippen molar-refractivity contribution in [2.24, 2.45) is 46.3 Å². The molecule has 4 saturated carbocycles. The first-order valence-electron chi connectivity index (χ1n) is 17.3. The summed E-state index contributed by atoms with van der Waals surface area (Å²) < 4.78 is 25.2. The van der Waals surface area contributed by atoms with Crippen LogP contribution in [-0.4, -0.2) is 50.6 Å². The summed E-state index contributed by atoms with van der Waals surface area (Å²) in [6, 6.07) is 9.50. The SMILES string of the molecule is COCCCC(C)C1CCC2C3C(OC4CCCCO4)C[C@@H]4CC(=O)CC[C@]4(C)C3C[C@H](OC(=O)c3ccccc3)[C@]12C. The van der Waals surface area contributed by atoms with Crippen LogP contribution >= 0.6 is 0 Å². The van der Waals surface area contributed by atoms with E-state index in [1.54, 1.807) is 7.11 Å². The van der Waals surface area contributed by atoms with E-state index in [4.69, 9.17) is 18.9 Å². The Bertz CT molecular complexity index is 1120. The summed E-state index contributed by atoms with van der Waals surface area (Å²) in [5, 5.41) is 0. The van der Waals surface area contributed by atoms with Crippen LogP contribution in [-0.2, 0) is 23.7 Å². The summed E-state index contributed by atoms with van der Waals surface area (Å²) in [6.07, 6.45) is 11.5. The van der Waals surface area contributed by atoms with Gasteiger partial charge in [0.05, 0.1) is 11.7 Å². The Balaban J connectivity index is 1.37. The second-order valence-corrected chi connectivity index (χ2v) is 15.1. The highest BCUT2D eigenvalue weighted by atomic mass is 16.7. The summed E-state index contributed by atoms with van der Waals surface area (Å²) in [5.41, 5.74) is 0.534. The Hall–Kier alpha value is -1.76. The topological polar surface area (TPSA) is 71.1 Å². The average Bonchev–Trinajstić information content (AvgIpc) is 3.37. The van der Waals surface area contributed by atoms with Gasteiger partial charge in [-0.15, -0.1) is 0 Å². The molecule has 0 amide bonds. The zero-order valence-corrected chi connectivity index (χ0v) is 26.9. The molecular formula is C37H54O6. The molecule has 1 saturated heterocycles. The Morgan fingerprint density at radius 2 is 1.88 bits per heavy atom. The van der Waals surface area contributed by atoms with Crippen LogP contribution in [0.3, 0.4) is 0 Å². The Morgan fingerprint density at radius 3 is 2.63 bits per heavy atom. The lowest BCUT2D eigenvalue weighted by molar-refractivity contribution is -0.258. The van der Waals surface area contributed by atoms with Gasteiger partial charge in [-0.1, -0.05) is 39.0 Å². The van der Waals surface area contributed by atoms with Crippen molar-refractivity contribution in [1.29, 1.82) is 0 Å². The smallest absolute Gasteiger partial charge is 0.338 e. The van der Waals surface area contributed by atoms with Crippen LogP contribution in [0, 0.1) is 46.3 Å². The minimum Gasteiger partial charge on any atom is -0.458 e. The molecule has 6 rings (SSSR count). The molecule has 1 aromatic carbocycles. The lowest BCUT2D eigenvalue weighted by Crippen LogP contribution is -2.63. The Morgan fingerprint density at radius 1 is 1.07 bits per heavy atom. The van der Waals surface area contributed by atoms with Gasteiger partial charge in [-0.3, -0.25) is 4.79 Å². The third-order valence-corrected chi connectivity index (χ3v) is 13.0. The Kier molecular flexibility index (Phi) is 9.39. The highest BCUT2D eigenvalue weighted by Gasteiger charge is 2.67. The molecular weight excluding hydrogens is 540 g/mol. The van der Waals surface area contributed by atoms with Crippen LogP contribution < -0.4 is 0 Å². The van der Waals surface area contributed by atoms with E-state index >= 15 is 0 Å². The van der Waals surface area contributed by atoms with Crippen LogP contribution in [0.1, 0.15) is 108 Å². The van der Waals surface area contributed by atoms with E-state index in [2.05, 4.69) is 20.8 Å². The predicted molar refractivity (Wildman–Crippen MR) is 165 cm³/mol.